The van der Waals surface area contributed by atoms with Crippen LogP contribution >= 0.6 is 0 Å². The van der Waals surface area contributed by atoms with Gasteiger partial charge in [-0.15, -0.1) is 0 Å². The van der Waals surface area contributed by atoms with Crippen LogP contribution in [-0.4, -0.2) is 24.3 Å². The van der Waals surface area contributed by atoms with Gasteiger partial charge in [-0.25, -0.2) is 4.79 Å². The van der Waals surface area contributed by atoms with E-state index in [1.807, 2.05) is 6.92 Å². The first kappa shape index (κ1) is 9.26. The summed E-state index contributed by atoms with van der Waals surface area (Å²) in [4.78, 5) is 10.6. The molecule has 0 aromatic rings. The van der Waals surface area contributed by atoms with Crippen LogP contribution in [0, 0.1) is 5.92 Å². The van der Waals surface area contributed by atoms with Crippen LogP contribution in [0.1, 0.15) is 20.3 Å². The van der Waals surface area contributed by atoms with Crippen molar-refractivity contribution in [3.63, 3.8) is 0 Å². The Morgan fingerprint density at radius 2 is 2.17 bits per heavy atom. The van der Waals surface area contributed by atoms with E-state index < -0.39 is 5.97 Å². The number of carboxylic acids is 1. The van der Waals surface area contributed by atoms with Gasteiger partial charge in [-0.3, -0.25) is 0 Å². The normalized spacial score (nSPS) is 25.3. The standard InChI is InChI=1S/C9H14O3/c1-6(7(2)9(10)11)8-3-4-12-5-8/h8H,3-5H2,1-2H3,(H,10,11). The Bertz CT molecular complexity index is 212. The smallest absolute Gasteiger partial charge is 0.331 e. The fourth-order valence-electron chi connectivity index (χ4n) is 1.35. The van der Waals surface area contributed by atoms with Crippen LogP contribution in [0.25, 0.3) is 0 Å². The Morgan fingerprint density at radius 3 is 2.58 bits per heavy atom. The molecule has 1 fully saturated rings. The van der Waals surface area contributed by atoms with Gasteiger partial charge in [0.25, 0.3) is 0 Å². The summed E-state index contributed by atoms with van der Waals surface area (Å²) >= 11 is 0. The molecule has 1 heterocycles. The summed E-state index contributed by atoms with van der Waals surface area (Å²) in [5, 5.41) is 8.71. The highest BCUT2D eigenvalue weighted by Gasteiger charge is 2.20. The van der Waals surface area contributed by atoms with E-state index in [2.05, 4.69) is 0 Å². The summed E-state index contributed by atoms with van der Waals surface area (Å²) in [6.07, 6.45) is 0.955. The topological polar surface area (TPSA) is 46.5 Å². The maximum Gasteiger partial charge on any atom is 0.331 e. The lowest BCUT2D eigenvalue weighted by atomic mass is 9.96. The van der Waals surface area contributed by atoms with E-state index in [0.29, 0.717) is 18.1 Å². The molecule has 1 unspecified atom stereocenters. The molecule has 0 amide bonds. The van der Waals surface area contributed by atoms with Gasteiger partial charge in [0, 0.05) is 18.1 Å². The van der Waals surface area contributed by atoms with Gasteiger partial charge in [0.2, 0.25) is 0 Å². The third-order valence-corrected chi connectivity index (χ3v) is 2.45. The van der Waals surface area contributed by atoms with E-state index in [1.165, 1.54) is 0 Å². The molecule has 1 aliphatic heterocycles. The average molecular weight is 170 g/mol. The fourth-order valence-corrected chi connectivity index (χ4v) is 1.35. The first-order valence-corrected chi connectivity index (χ1v) is 4.11. The second-order valence-electron chi connectivity index (χ2n) is 3.17. The lowest BCUT2D eigenvalue weighted by Crippen LogP contribution is -2.08. The Hall–Kier alpha value is -0.830. The van der Waals surface area contributed by atoms with E-state index >= 15 is 0 Å². The van der Waals surface area contributed by atoms with Crippen molar-refractivity contribution in [3.05, 3.63) is 11.1 Å². The predicted octanol–water partition coefficient (Wildman–Crippen LogP) is 1.44. The van der Waals surface area contributed by atoms with Crippen molar-refractivity contribution in [1.29, 1.82) is 0 Å². The van der Waals surface area contributed by atoms with Crippen LogP contribution in [0.2, 0.25) is 0 Å². The molecular weight excluding hydrogens is 156 g/mol. The molecule has 0 saturated carbocycles. The van der Waals surface area contributed by atoms with Crippen LogP contribution in [-0.2, 0) is 9.53 Å². The van der Waals surface area contributed by atoms with Crippen molar-refractivity contribution < 1.29 is 14.6 Å². The summed E-state index contributed by atoms with van der Waals surface area (Å²) in [5.41, 5.74) is 1.42. The summed E-state index contributed by atoms with van der Waals surface area (Å²) in [5.74, 6) is -0.500. The van der Waals surface area contributed by atoms with Crippen LogP contribution < -0.4 is 0 Å². The Kier molecular flexibility index (Phi) is 2.87. The first-order chi connectivity index (χ1) is 5.63. The summed E-state index contributed by atoms with van der Waals surface area (Å²) in [6.45, 7) is 4.96. The first-order valence-electron chi connectivity index (χ1n) is 4.11. The van der Waals surface area contributed by atoms with Crippen molar-refractivity contribution in [3.8, 4) is 0 Å². The molecule has 0 aliphatic carbocycles. The maximum atomic E-state index is 10.6. The van der Waals surface area contributed by atoms with Gasteiger partial charge >= 0.3 is 5.97 Å². The molecule has 12 heavy (non-hydrogen) atoms. The number of aliphatic carboxylic acids is 1. The molecule has 3 nitrogen and oxygen atoms in total. The van der Waals surface area contributed by atoms with Gasteiger partial charge in [0.05, 0.1) is 6.61 Å². The van der Waals surface area contributed by atoms with Gasteiger partial charge in [0.1, 0.15) is 0 Å². The van der Waals surface area contributed by atoms with Crippen LogP contribution in [0.4, 0.5) is 0 Å². The van der Waals surface area contributed by atoms with Crippen LogP contribution in [0.5, 0.6) is 0 Å². The minimum atomic E-state index is -0.820. The lowest BCUT2D eigenvalue weighted by Gasteiger charge is -2.09. The number of rotatable bonds is 2. The highest BCUT2D eigenvalue weighted by molar-refractivity contribution is 5.86. The monoisotopic (exact) mass is 170 g/mol. The number of ether oxygens (including phenoxy) is 1. The zero-order chi connectivity index (χ0) is 9.14. The molecule has 1 rings (SSSR count). The van der Waals surface area contributed by atoms with Gasteiger partial charge < -0.3 is 9.84 Å². The van der Waals surface area contributed by atoms with E-state index in [0.717, 1.165) is 18.6 Å². The summed E-state index contributed by atoms with van der Waals surface area (Å²) in [6, 6.07) is 0. The van der Waals surface area contributed by atoms with Crippen molar-refractivity contribution in [1.82, 2.24) is 0 Å². The zero-order valence-corrected chi connectivity index (χ0v) is 7.46. The van der Waals surface area contributed by atoms with Gasteiger partial charge in [-0.1, -0.05) is 5.57 Å². The number of carboxylic acid groups (broad SMARTS) is 1. The Labute approximate surface area is 72.0 Å². The summed E-state index contributed by atoms with van der Waals surface area (Å²) < 4.78 is 5.18. The molecule has 0 bridgehead atoms. The third kappa shape index (κ3) is 1.85. The highest BCUT2D eigenvalue weighted by Crippen LogP contribution is 2.23. The molecule has 0 aromatic heterocycles. The molecule has 0 spiro atoms. The van der Waals surface area contributed by atoms with Gasteiger partial charge in [-0.2, -0.15) is 0 Å². The van der Waals surface area contributed by atoms with Gasteiger partial charge in [0.15, 0.2) is 0 Å². The van der Waals surface area contributed by atoms with E-state index in [9.17, 15) is 4.79 Å². The minimum Gasteiger partial charge on any atom is -0.478 e. The quantitative estimate of drug-likeness (QED) is 0.638. The van der Waals surface area contributed by atoms with Crippen LogP contribution in [0.3, 0.4) is 0 Å². The second-order valence-corrected chi connectivity index (χ2v) is 3.17. The predicted molar refractivity (Wildman–Crippen MR) is 44.9 cm³/mol. The third-order valence-electron chi connectivity index (χ3n) is 2.45. The van der Waals surface area contributed by atoms with Gasteiger partial charge in [-0.05, 0) is 20.3 Å². The van der Waals surface area contributed by atoms with Crippen molar-refractivity contribution in [2.45, 2.75) is 20.3 Å². The van der Waals surface area contributed by atoms with Crippen molar-refractivity contribution in [2.24, 2.45) is 5.92 Å². The molecule has 0 radical (unpaired) electrons. The zero-order valence-electron chi connectivity index (χ0n) is 7.46. The number of carbonyl (C=O) groups is 1. The average Bonchev–Trinajstić information content (AvgIpc) is 2.53. The maximum absolute atomic E-state index is 10.6. The molecule has 1 atom stereocenters. The lowest BCUT2D eigenvalue weighted by molar-refractivity contribution is -0.132. The Balaban J connectivity index is 2.72. The second kappa shape index (κ2) is 3.72. The highest BCUT2D eigenvalue weighted by atomic mass is 16.5. The van der Waals surface area contributed by atoms with E-state index in [-0.39, 0.29) is 0 Å². The molecular formula is C9H14O3. The molecule has 1 N–H and O–H groups in total. The van der Waals surface area contributed by atoms with Crippen molar-refractivity contribution in [2.75, 3.05) is 13.2 Å². The number of hydrogen-bond donors (Lipinski definition) is 1. The molecule has 68 valence electrons. The SMILES string of the molecule is CC(C(=O)O)=C(C)C1CCOC1. The Morgan fingerprint density at radius 1 is 1.50 bits per heavy atom. The minimum absolute atomic E-state index is 0.320. The van der Waals surface area contributed by atoms with Crippen molar-refractivity contribution >= 4 is 5.97 Å². The van der Waals surface area contributed by atoms with Crippen LogP contribution in [0.15, 0.2) is 11.1 Å². The summed E-state index contributed by atoms with van der Waals surface area (Å²) in [7, 11) is 0. The molecule has 1 aliphatic rings. The largest absolute Gasteiger partial charge is 0.478 e. The molecule has 0 aromatic carbocycles. The van der Waals surface area contributed by atoms with E-state index in [4.69, 9.17) is 9.84 Å². The fraction of sp³-hybridized carbons (Fsp3) is 0.667. The number of hydrogen-bond acceptors (Lipinski definition) is 2. The van der Waals surface area contributed by atoms with E-state index in [1.54, 1.807) is 6.92 Å². The molecule has 3 heteroatoms. The molecule has 1 saturated heterocycles.